The lowest BCUT2D eigenvalue weighted by atomic mass is 9.73. The molecular formula is C16H23N3O4. The molecule has 0 spiro atoms. The number of amides is 1. The van der Waals surface area contributed by atoms with E-state index in [1.807, 2.05) is 6.92 Å². The van der Waals surface area contributed by atoms with Gasteiger partial charge in [-0.15, -0.1) is 0 Å². The average Bonchev–Trinajstić information content (AvgIpc) is 2.56. The molecule has 1 aliphatic rings. The van der Waals surface area contributed by atoms with E-state index in [-0.39, 0.29) is 12.5 Å². The fraction of sp³-hybridized carbons (Fsp3) is 0.562. The normalized spacial score (nSPS) is 24.3. The fourth-order valence-electron chi connectivity index (χ4n) is 3.22. The smallest absolute Gasteiger partial charge is 0.312 e. The first-order valence-corrected chi connectivity index (χ1v) is 7.79. The molecule has 0 aromatic carbocycles. The number of pyridine rings is 1. The molecular weight excluding hydrogens is 298 g/mol. The SMILES string of the molecule is CCC[C@]1(C(=O)O)CCN(c2ncccc2C(=O)NC)C[C@@H]1O. The van der Waals surface area contributed by atoms with Gasteiger partial charge in [0.15, 0.2) is 0 Å². The Morgan fingerprint density at radius 1 is 1.52 bits per heavy atom. The van der Waals surface area contributed by atoms with Crippen molar-refractivity contribution in [3.63, 3.8) is 0 Å². The molecule has 1 aliphatic heterocycles. The van der Waals surface area contributed by atoms with Gasteiger partial charge in [-0.1, -0.05) is 13.3 Å². The third kappa shape index (κ3) is 3.14. The first kappa shape index (κ1) is 17.2. The number of nitrogens with zero attached hydrogens (tertiary/aromatic N) is 2. The van der Waals surface area contributed by atoms with Crippen molar-refractivity contribution in [2.75, 3.05) is 25.0 Å². The topological polar surface area (TPSA) is 103 Å². The van der Waals surface area contributed by atoms with Crippen LogP contribution >= 0.6 is 0 Å². The van der Waals surface area contributed by atoms with Crippen molar-refractivity contribution in [2.24, 2.45) is 5.41 Å². The Morgan fingerprint density at radius 3 is 2.83 bits per heavy atom. The predicted octanol–water partition coefficient (Wildman–Crippen LogP) is 0.883. The van der Waals surface area contributed by atoms with Crippen LogP contribution in [0.1, 0.15) is 36.5 Å². The van der Waals surface area contributed by atoms with E-state index < -0.39 is 17.5 Å². The molecule has 1 amide bonds. The summed E-state index contributed by atoms with van der Waals surface area (Å²) in [5, 5.41) is 22.6. The van der Waals surface area contributed by atoms with Gasteiger partial charge in [-0.3, -0.25) is 9.59 Å². The Hall–Kier alpha value is -2.15. The maximum absolute atomic E-state index is 12.0. The minimum atomic E-state index is -1.12. The van der Waals surface area contributed by atoms with Crippen LogP contribution in [0.4, 0.5) is 5.82 Å². The van der Waals surface area contributed by atoms with E-state index in [0.29, 0.717) is 37.2 Å². The first-order valence-electron chi connectivity index (χ1n) is 7.79. The zero-order valence-corrected chi connectivity index (χ0v) is 13.5. The van der Waals surface area contributed by atoms with E-state index in [4.69, 9.17) is 0 Å². The monoisotopic (exact) mass is 321 g/mol. The molecule has 0 aliphatic carbocycles. The quantitative estimate of drug-likeness (QED) is 0.744. The molecule has 0 radical (unpaired) electrons. The van der Waals surface area contributed by atoms with Crippen LogP contribution in [0.3, 0.4) is 0 Å². The van der Waals surface area contributed by atoms with E-state index in [0.717, 1.165) is 0 Å². The van der Waals surface area contributed by atoms with Crippen LogP contribution in [0.5, 0.6) is 0 Å². The van der Waals surface area contributed by atoms with Crippen LogP contribution in [-0.2, 0) is 4.79 Å². The minimum absolute atomic E-state index is 0.146. The summed E-state index contributed by atoms with van der Waals surface area (Å²) < 4.78 is 0. The van der Waals surface area contributed by atoms with Gasteiger partial charge in [-0.05, 0) is 25.0 Å². The highest BCUT2D eigenvalue weighted by Gasteiger charge is 2.48. The zero-order valence-electron chi connectivity index (χ0n) is 13.5. The van der Waals surface area contributed by atoms with Crippen LogP contribution in [0.15, 0.2) is 18.3 Å². The number of aromatic nitrogens is 1. The molecule has 7 nitrogen and oxygen atoms in total. The van der Waals surface area contributed by atoms with Gasteiger partial charge in [0.1, 0.15) is 5.82 Å². The summed E-state index contributed by atoms with van der Waals surface area (Å²) in [5.74, 6) is -0.744. The number of aliphatic hydroxyl groups is 1. The molecule has 1 saturated heterocycles. The summed E-state index contributed by atoms with van der Waals surface area (Å²) >= 11 is 0. The molecule has 0 unspecified atom stereocenters. The van der Waals surface area contributed by atoms with E-state index in [1.165, 1.54) is 0 Å². The van der Waals surface area contributed by atoms with Crippen molar-refractivity contribution < 1.29 is 19.8 Å². The number of carboxylic acids is 1. The summed E-state index contributed by atoms with van der Waals surface area (Å²) in [4.78, 5) is 29.7. The number of anilines is 1. The summed E-state index contributed by atoms with van der Waals surface area (Å²) in [5.41, 5.74) is -0.701. The van der Waals surface area contributed by atoms with Gasteiger partial charge >= 0.3 is 5.97 Å². The van der Waals surface area contributed by atoms with Crippen LogP contribution in [0.25, 0.3) is 0 Å². The van der Waals surface area contributed by atoms with Gasteiger partial charge in [0.2, 0.25) is 0 Å². The molecule has 1 aromatic heterocycles. The van der Waals surface area contributed by atoms with Crippen molar-refractivity contribution in [1.82, 2.24) is 10.3 Å². The summed E-state index contributed by atoms with van der Waals surface area (Å²) in [7, 11) is 1.54. The number of aliphatic carboxylic acids is 1. The van der Waals surface area contributed by atoms with Crippen molar-refractivity contribution in [3.8, 4) is 0 Å². The molecule has 3 N–H and O–H groups in total. The number of aliphatic hydroxyl groups excluding tert-OH is 1. The van der Waals surface area contributed by atoms with Crippen LogP contribution in [0, 0.1) is 5.41 Å². The molecule has 7 heteroatoms. The fourth-order valence-corrected chi connectivity index (χ4v) is 3.22. The number of β-amino-alcohol motifs (C(OH)–C–C–N with tert-alkyl or cyclic N) is 1. The van der Waals surface area contributed by atoms with Gasteiger partial charge in [-0.25, -0.2) is 4.98 Å². The van der Waals surface area contributed by atoms with E-state index in [9.17, 15) is 19.8 Å². The molecule has 1 fully saturated rings. The second-order valence-corrected chi connectivity index (χ2v) is 5.88. The minimum Gasteiger partial charge on any atom is -0.481 e. The molecule has 0 bridgehead atoms. The Labute approximate surface area is 135 Å². The lowest BCUT2D eigenvalue weighted by Crippen LogP contribution is -2.55. The Morgan fingerprint density at radius 2 is 2.26 bits per heavy atom. The van der Waals surface area contributed by atoms with Crippen molar-refractivity contribution in [3.05, 3.63) is 23.9 Å². The third-order valence-corrected chi connectivity index (χ3v) is 4.54. The van der Waals surface area contributed by atoms with Crippen molar-refractivity contribution >= 4 is 17.7 Å². The van der Waals surface area contributed by atoms with Crippen molar-refractivity contribution in [2.45, 2.75) is 32.3 Å². The molecule has 2 heterocycles. The van der Waals surface area contributed by atoms with Gasteiger partial charge < -0.3 is 20.4 Å². The van der Waals surface area contributed by atoms with E-state index in [1.54, 1.807) is 30.3 Å². The summed E-state index contributed by atoms with van der Waals surface area (Å²) in [6, 6.07) is 3.34. The third-order valence-electron chi connectivity index (χ3n) is 4.54. The Bertz CT molecular complexity index is 592. The van der Waals surface area contributed by atoms with Crippen molar-refractivity contribution in [1.29, 1.82) is 0 Å². The molecule has 2 rings (SSSR count). The van der Waals surface area contributed by atoms with Gasteiger partial charge in [0.25, 0.3) is 5.91 Å². The largest absolute Gasteiger partial charge is 0.481 e. The Kier molecular flexibility index (Phi) is 5.20. The second-order valence-electron chi connectivity index (χ2n) is 5.88. The number of carbonyl (C=O) groups excluding carboxylic acids is 1. The summed E-state index contributed by atoms with van der Waals surface area (Å²) in [6.45, 7) is 2.49. The maximum Gasteiger partial charge on any atom is 0.312 e. The van der Waals surface area contributed by atoms with Crippen LogP contribution in [0.2, 0.25) is 0 Å². The number of nitrogens with one attached hydrogen (secondary N) is 1. The number of hydrogen-bond acceptors (Lipinski definition) is 5. The highest BCUT2D eigenvalue weighted by Crippen LogP contribution is 2.38. The van der Waals surface area contributed by atoms with E-state index >= 15 is 0 Å². The zero-order chi connectivity index (χ0) is 17.0. The highest BCUT2D eigenvalue weighted by molar-refractivity contribution is 5.98. The van der Waals surface area contributed by atoms with Crippen LogP contribution < -0.4 is 10.2 Å². The lowest BCUT2D eigenvalue weighted by Gasteiger charge is -2.43. The standard InChI is InChI=1S/C16H23N3O4/c1-3-6-16(15(22)23)7-9-19(10-12(16)20)13-11(14(21)17-2)5-4-8-18-13/h4-5,8,12,20H,3,6-7,9-10H2,1-2H3,(H,17,21)(H,22,23)/t12-,16-/m0/s1. The number of piperidine rings is 1. The van der Waals surface area contributed by atoms with Gasteiger partial charge in [0, 0.05) is 26.3 Å². The lowest BCUT2D eigenvalue weighted by molar-refractivity contribution is -0.159. The number of rotatable bonds is 5. The molecule has 23 heavy (non-hydrogen) atoms. The molecule has 0 saturated carbocycles. The number of carbonyl (C=O) groups is 2. The molecule has 126 valence electrons. The Balaban J connectivity index is 2.27. The highest BCUT2D eigenvalue weighted by atomic mass is 16.4. The van der Waals surface area contributed by atoms with Gasteiger partial charge in [0.05, 0.1) is 17.1 Å². The average molecular weight is 321 g/mol. The molecule has 2 atom stereocenters. The van der Waals surface area contributed by atoms with Crippen LogP contribution in [-0.4, -0.2) is 53.3 Å². The predicted molar refractivity (Wildman–Crippen MR) is 85.4 cm³/mol. The number of carboxylic acid groups (broad SMARTS) is 1. The number of hydrogen-bond donors (Lipinski definition) is 3. The van der Waals surface area contributed by atoms with Gasteiger partial charge in [-0.2, -0.15) is 0 Å². The second kappa shape index (κ2) is 6.95. The van der Waals surface area contributed by atoms with E-state index in [2.05, 4.69) is 10.3 Å². The maximum atomic E-state index is 12.0. The first-order chi connectivity index (χ1) is 11.0. The summed E-state index contributed by atoms with van der Waals surface area (Å²) in [6.07, 6.45) is 2.02. The molecule has 1 aromatic rings.